The molecule has 0 spiro atoms. The SMILES string of the molecule is N#CCOc1ccc(C=C2C(=O)c3ccccc3C2=O)cc1. The lowest BCUT2D eigenvalue weighted by atomic mass is 10.1. The van der Waals surface area contributed by atoms with E-state index >= 15 is 0 Å². The van der Waals surface area contributed by atoms with Crippen molar-refractivity contribution < 1.29 is 14.3 Å². The van der Waals surface area contributed by atoms with E-state index in [0.717, 1.165) is 5.56 Å². The summed E-state index contributed by atoms with van der Waals surface area (Å²) >= 11 is 0. The van der Waals surface area contributed by atoms with E-state index in [1.165, 1.54) is 0 Å². The van der Waals surface area contributed by atoms with E-state index in [2.05, 4.69) is 0 Å². The normalized spacial score (nSPS) is 12.8. The van der Waals surface area contributed by atoms with Gasteiger partial charge in [-0.3, -0.25) is 9.59 Å². The summed E-state index contributed by atoms with van der Waals surface area (Å²) in [5.74, 6) is 0.0758. The lowest BCUT2D eigenvalue weighted by molar-refractivity contribution is 0.0990. The van der Waals surface area contributed by atoms with Gasteiger partial charge < -0.3 is 4.74 Å². The molecule has 1 aliphatic carbocycles. The van der Waals surface area contributed by atoms with E-state index in [0.29, 0.717) is 16.9 Å². The maximum atomic E-state index is 12.3. The third-order valence-electron chi connectivity index (χ3n) is 3.40. The van der Waals surface area contributed by atoms with Gasteiger partial charge in [0.15, 0.2) is 18.2 Å². The summed E-state index contributed by atoms with van der Waals surface area (Å²) in [5.41, 5.74) is 1.81. The largest absolute Gasteiger partial charge is 0.479 e. The Hall–Kier alpha value is -3.19. The third-order valence-corrected chi connectivity index (χ3v) is 3.40. The van der Waals surface area contributed by atoms with Gasteiger partial charge in [-0.05, 0) is 23.8 Å². The van der Waals surface area contributed by atoms with Crippen molar-refractivity contribution in [2.75, 3.05) is 6.61 Å². The van der Waals surface area contributed by atoms with Crippen molar-refractivity contribution in [1.82, 2.24) is 0 Å². The van der Waals surface area contributed by atoms with Crippen LogP contribution in [0, 0.1) is 11.3 Å². The van der Waals surface area contributed by atoms with Gasteiger partial charge >= 0.3 is 0 Å². The van der Waals surface area contributed by atoms with Crippen LogP contribution in [-0.4, -0.2) is 18.2 Å². The lowest BCUT2D eigenvalue weighted by Gasteiger charge is -2.01. The molecule has 0 amide bonds. The number of carbonyl (C=O) groups excluding carboxylic acids is 2. The van der Waals surface area contributed by atoms with Crippen molar-refractivity contribution >= 4 is 17.6 Å². The first-order chi connectivity index (χ1) is 10.7. The van der Waals surface area contributed by atoms with Crippen LogP contribution in [0.1, 0.15) is 26.3 Å². The molecular weight excluding hydrogens is 278 g/mol. The second kappa shape index (κ2) is 5.66. The van der Waals surface area contributed by atoms with Gasteiger partial charge in [-0.15, -0.1) is 0 Å². The number of allylic oxidation sites excluding steroid dienone is 1. The quantitative estimate of drug-likeness (QED) is 0.643. The van der Waals surface area contributed by atoms with Gasteiger partial charge in [0.05, 0.1) is 5.57 Å². The summed E-state index contributed by atoms with van der Waals surface area (Å²) < 4.78 is 5.16. The summed E-state index contributed by atoms with van der Waals surface area (Å²) in [4.78, 5) is 24.5. The van der Waals surface area contributed by atoms with E-state index in [1.807, 2.05) is 6.07 Å². The number of Topliss-reactive ketones (excluding diaryl/α,β-unsaturated/α-hetero) is 2. The molecule has 22 heavy (non-hydrogen) atoms. The van der Waals surface area contributed by atoms with Crippen molar-refractivity contribution in [2.45, 2.75) is 0 Å². The summed E-state index contributed by atoms with van der Waals surface area (Å²) in [6.45, 7) is -0.0211. The smallest absolute Gasteiger partial charge is 0.197 e. The Labute approximate surface area is 127 Å². The molecule has 0 heterocycles. The van der Waals surface area contributed by atoms with Gasteiger partial charge in [-0.2, -0.15) is 5.26 Å². The molecule has 0 saturated carbocycles. The van der Waals surface area contributed by atoms with Gasteiger partial charge in [0, 0.05) is 11.1 Å². The van der Waals surface area contributed by atoms with Gasteiger partial charge in [0.25, 0.3) is 0 Å². The minimum Gasteiger partial charge on any atom is -0.479 e. The number of ketones is 2. The van der Waals surface area contributed by atoms with Gasteiger partial charge in [0.2, 0.25) is 0 Å². The van der Waals surface area contributed by atoms with Crippen LogP contribution in [0.4, 0.5) is 0 Å². The maximum absolute atomic E-state index is 12.3. The zero-order valence-electron chi connectivity index (χ0n) is 11.6. The molecule has 0 unspecified atom stereocenters. The molecular formula is C18H11NO3. The first kappa shape index (κ1) is 13.8. The van der Waals surface area contributed by atoms with E-state index in [4.69, 9.17) is 10.00 Å². The van der Waals surface area contributed by atoms with Crippen molar-refractivity contribution in [1.29, 1.82) is 5.26 Å². The zero-order chi connectivity index (χ0) is 15.5. The maximum Gasteiger partial charge on any atom is 0.197 e. The molecule has 1 aliphatic rings. The summed E-state index contributed by atoms with van der Waals surface area (Å²) in [6.07, 6.45) is 1.58. The fraction of sp³-hybridized carbons (Fsp3) is 0.0556. The summed E-state index contributed by atoms with van der Waals surface area (Å²) in [7, 11) is 0. The van der Waals surface area contributed by atoms with Gasteiger partial charge in [0.1, 0.15) is 11.8 Å². The number of rotatable bonds is 3. The molecule has 4 nitrogen and oxygen atoms in total. The van der Waals surface area contributed by atoms with Crippen LogP contribution < -0.4 is 4.74 Å². The molecule has 2 aromatic rings. The van der Waals surface area contributed by atoms with Crippen LogP contribution in [0.3, 0.4) is 0 Å². The van der Waals surface area contributed by atoms with Crippen LogP contribution in [0.5, 0.6) is 5.75 Å². The number of hydrogen-bond donors (Lipinski definition) is 0. The van der Waals surface area contributed by atoms with Crippen LogP contribution in [-0.2, 0) is 0 Å². The average molecular weight is 289 g/mol. The minimum absolute atomic E-state index is 0.0211. The molecule has 4 heteroatoms. The number of hydrogen-bond acceptors (Lipinski definition) is 4. The molecule has 0 N–H and O–H groups in total. The van der Waals surface area contributed by atoms with Crippen molar-refractivity contribution in [3.63, 3.8) is 0 Å². The van der Waals surface area contributed by atoms with Gasteiger partial charge in [-0.25, -0.2) is 0 Å². The van der Waals surface area contributed by atoms with Crippen molar-refractivity contribution in [3.8, 4) is 11.8 Å². The number of benzene rings is 2. The molecule has 2 aromatic carbocycles. The standard InChI is InChI=1S/C18H11NO3/c19-9-10-22-13-7-5-12(6-8-13)11-16-17(20)14-3-1-2-4-15(14)18(16)21/h1-8,11H,10H2. The molecule has 0 aliphatic heterocycles. The molecule has 0 fully saturated rings. The molecule has 0 saturated heterocycles. The molecule has 0 atom stereocenters. The van der Waals surface area contributed by atoms with E-state index in [-0.39, 0.29) is 23.7 Å². The Bertz CT molecular complexity index is 789. The van der Waals surface area contributed by atoms with E-state index < -0.39 is 0 Å². The molecule has 3 rings (SSSR count). The van der Waals surface area contributed by atoms with Crippen molar-refractivity contribution in [2.24, 2.45) is 0 Å². The molecule has 0 aromatic heterocycles. The Morgan fingerprint density at radius 3 is 2.09 bits per heavy atom. The lowest BCUT2D eigenvalue weighted by Crippen LogP contribution is -2.00. The van der Waals surface area contributed by atoms with E-state index in [9.17, 15) is 9.59 Å². The minimum atomic E-state index is -0.245. The van der Waals surface area contributed by atoms with Crippen LogP contribution in [0.2, 0.25) is 0 Å². The second-order valence-corrected chi connectivity index (χ2v) is 4.78. The molecule has 106 valence electrons. The topological polar surface area (TPSA) is 67.2 Å². The molecule has 0 radical (unpaired) electrons. The Morgan fingerprint density at radius 1 is 0.955 bits per heavy atom. The number of ether oxygens (including phenoxy) is 1. The average Bonchev–Trinajstić information content (AvgIpc) is 2.80. The number of fused-ring (bicyclic) bond motifs is 1. The van der Waals surface area contributed by atoms with Crippen LogP contribution >= 0.6 is 0 Å². The Balaban J connectivity index is 1.89. The monoisotopic (exact) mass is 289 g/mol. The highest BCUT2D eigenvalue weighted by molar-refractivity contribution is 6.41. The predicted octanol–water partition coefficient (Wildman–Crippen LogP) is 3.05. The second-order valence-electron chi connectivity index (χ2n) is 4.78. The highest BCUT2D eigenvalue weighted by Gasteiger charge is 2.32. The number of nitriles is 1. The van der Waals surface area contributed by atoms with Crippen LogP contribution in [0.15, 0.2) is 54.1 Å². The Morgan fingerprint density at radius 2 is 1.55 bits per heavy atom. The number of carbonyl (C=O) groups is 2. The fourth-order valence-corrected chi connectivity index (χ4v) is 2.35. The molecule has 0 bridgehead atoms. The predicted molar refractivity (Wildman–Crippen MR) is 80.6 cm³/mol. The fourth-order valence-electron chi connectivity index (χ4n) is 2.35. The summed E-state index contributed by atoms with van der Waals surface area (Å²) in [6, 6.07) is 15.6. The first-order valence-electron chi connectivity index (χ1n) is 6.70. The first-order valence-corrected chi connectivity index (χ1v) is 6.70. The van der Waals surface area contributed by atoms with Crippen molar-refractivity contribution in [3.05, 3.63) is 70.8 Å². The highest BCUT2D eigenvalue weighted by atomic mass is 16.5. The zero-order valence-corrected chi connectivity index (χ0v) is 11.6. The van der Waals surface area contributed by atoms with E-state index in [1.54, 1.807) is 54.6 Å². The Kier molecular flexibility index (Phi) is 3.55. The summed E-state index contributed by atoms with van der Waals surface area (Å²) in [5, 5.41) is 8.46. The third kappa shape index (κ3) is 2.40. The number of nitrogens with zero attached hydrogens (tertiary/aromatic N) is 1. The highest BCUT2D eigenvalue weighted by Crippen LogP contribution is 2.27. The van der Waals surface area contributed by atoms with Crippen LogP contribution in [0.25, 0.3) is 6.08 Å². The van der Waals surface area contributed by atoms with Gasteiger partial charge in [-0.1, -0.05) is 36.4 Å².